The molecule has 1 atom stereocenters. The van der Waals surface area contributed by atoms with E-state index in [1.165, 1.54) is 16.7 Å². The van der Waals surface area contributed by atoms with Crippen molar-refractivity contribution in [2.75, 3.05) is 29.4 Å². The molecule has 1 aromatic heterocycles. The van der Waals surface area contributed by atoms with Gasteiger partial charge in [0, 0.05) is 30.8 Å². The molecular weight excluding hydrogens is 526 g/mol. The lowest BCUT2D eigenvalue weighted by atomic mass is 10.0. The molecular formula is C27H32ClN5O4S. The fourth-order valence-corrected chi connectivity index (χ4v) is 5.35. The number of hydrogen-bond donors (Lipinski definition) is 2. The van der Waals surface area contributed by atoms with Gasteiger partial charge in [0.25, 0.3) is 5.56 Å². The van der Waals surface area contributed by atoms with Crippen LogP contribution in [0.1, 0.15) is 32.3 Å². The van der Waals surface area contributed by atoms with Gasteiger partial charge in [-0.1, -0.05) is 18.5 Å². The second-order valence-corrected chi connectivity index (χ2v) is 15.0. The molecule has 0 spiro atoms. The Bertz CT molecular complexity index is 1550. The summed E-state index contributed by atoms with van der Waals surface area (Å²) in [6.07, 6.45) is 6.31. The molecule has 2 N–H and O–H groups in total. The molecule has 0 aliphatic rings. The van der Waals surface area contributed by atoms with E-state index in [1.807, 2.05) is 31.8 Å². The molecule has 2 aromatic carbocycles. The van der Waals surface area contributed by atoms with E-state index in [0.29, 0.717) is 40.3 Å². The zero-order valence-electron chi connectivity index (χ0n) is 22.1. The molecule has 0 bridgehead atoms. The van der Waals surface area contributed by atoms with Gasteiger partial charge in [0.2, 0.25) is 11.8 Å². The number of nitrogens with zero attached hydrogens (tertiary/aromatic N) is 3. The van der Waals surface area contributed by atoms with Crippen LogP contribution in [0.5, 0.6) is 0 Å². The Morgan fingerprint density at radius 1 is 1.00 bits per heavy atom. The van der Waals surface area contributed by atoms with Gasteiger partial charge in [-0.3, -0.25) is 23.5 Å². The van der Waals surface area contributed by atoms with Crippen LogP contribution in [-0.4, -0.2) is 39.7 Å². The maximum atomic E-state index is 13.2. The smallest absolute Gasteiger partial charge is 0.326 e. The Kier molecular flexibility index (Phi) is 9.07. The van der Waals surface area contributed by atoms with Gasteiger partial charge in [-0.25, -0.2) is 14.8 Å². The summed E-state index contributed by atoms with van der Waals surface area (Å²) in [6, 6.07) is 11.5. The van der Waals surface area contributed by atoms with Crippen molar-refractivity contribution in [1.29, 1.82) is 5.26 Å². The zero-order chi connectivity index (χ0) is 28.2. The molecule has 1 unspecified atom stereocenters. The van der Waals surface area contributed by atoms with E-state index < -0.39 is 10.0 Å². The highest BCUT2D eigenvalue weighted by molar-refractivity contribution is 8.31. The summed E-state index contributed by atoms with van der Waals surface area (Å²) >= 11 is 6.01. The van der Waals surface area contributed by atoms with Gasteiger partial charge in [0.15, 0.2) is 0 Å². The van der Waals surface area contributed by atoms with Crippen molar-refractivity contribution < 1.29 is 9.59 Å². The highest BCUT2D eigenvalue weighted by atomic mass is 35.5. The third kappa shape index (κ3) is 7.05. The zero-order valence-corrected chi connectivity index (χ0v) is 23.7. The number of carbonyl (C=O) groups is 2. The predicted molar refractivity (Wildman–Crippen MR) is 155 cm³/mol. The highest BCUT2D eigenvalue weighted by Gasteiger charge is 2.18. The van der Waals surface area contributed by atoms with Gasteiger partial charge in [-0.15, -0.1) is 0 Å². The monoisotopic (exact) mass is 557 g/mol. The maximum absolute atomic E-state index is 13.2. The summed E-state index contributed by atoms with van der Waals surface area (Å²) in [5, 5.41) is 15.1. The minimum atomic E-state index is -1.17. The molecule has 0 radical (unpaired) electrons. The number of aryl methyl sites for hydroxylation is 1. The summed E-state index contributed by atoms with van der Waals surface area (Å²) in [7, 11) is -1.17. The Morgan fingerprint density at radius 3 is 2.11 bits per heavy atom. The van der Waals surface area contributed by atoms with E-state index in [9.17, 15) is 19.2 Å². The number of fused-ring (bicyclic) bond motifs is 1. The number of nitrogens with one attached hydrogen (secondary N) is 2. The summed E-state index contributed by atoms with van der Waals surface area (Å²) in [5.41, 5.74) is 1.04. The molecule has 2 amide bonds. The van der Waals surface area contributed by atoms with E-state index in [4.69, 9.17) is 16.9 Å². The van der Waals surface area contributed by atoms with Crippen LogP contribution in [-0.2, 0) is 22.0 Å². The van der Waals surface area contributed by atoms with Gasteiger partial charge in [-0.2, -0.15) is 5.26 Å². The Balaban J connectivity index is 1.71. The van der Waals surface area contributed by atoms with Crippen molar-refractivity contribution in [3.05, 3.63) is 67.8 Å². The first-order valence-corrected chi connectivity index (χ1v) is 15.5. The van der Waals surface area contributed by atoms with Crippen LogP contribution in [0.4, 0.5) is 11.4 Å². The van der Waals surface area contributed by atoms with E-state index in [-0.39, 0.29) is 46.8 Å². The number of benzene rings is 2. The van der Waals surface area contributed by atoms with E-state index in [2.05, 4.69) is 10.6 Å². The average molecular weight is 558 g/mol. The van der Waals surface area contributed by atoms with Crippen molar-refractivity contribution in [2.45, 2.75) is 39.1 Å². The van der Waals surface area contributed by atoms with Crippen LogP contribution in [0, 0.1) is 17.2 Å². The Morgan fingerprint density at radius 2 is 1.58 bits per heavy atom. The second-order valence-electron chi connectivity index (χ2n) is 10.1. The van der Waals surface area contributed by atoms with Gasteiger partial charge in [0.1, 0.15) is 6.07 Å². The average Bonchev–Trinajstić information content (AvgIpc) is 2.81. The van der Waals surface area contributed by atoms with Gasteiger partial charge in [-0.05, 0) is 68.0 Å². The molecule has 0 aliphatic heterocycles. The van der Waals surface area contributed by atoms with Gasteiger partial charge in [0.05, 0.1) is 27.4 Å². The third-order valence-electron chi connectivity index (χ3n) is 5.78. The summed E-state index contributed by atoms with van der Waals surface area (Å²) in [5.74, 6) is -0.488. The molecule has 1 heterocycles. The van der Waals surface area contributed by atoms with Crippen molar-refractivity contribution in [1.82, 2.24) is 9.13 Å². The molecule has 3 aromatic rings. The molecule has 3 rings (SSSR count). The molecule has 0 fully saturated rings. The standard InChI is InChI=1S/C27H32ClN5O4S/c1-6-32-23-10-9-19(13-21(23)26(36)33(27(32)37)16-38(3,4)5)30-24(34)11-17(2)12-25(35)31-20-8-7-18(15-29)22(28)14-20/h7-10,13-14,17H,6,11-12,16H2,1-5H3,(H,30,34)(H,31,35). The topological polar surface area (TPSA) is 126 Å². The number of halogens is 1. The number of amides is 2. The number of aromatic nitrogens is 2. The lowest BCUT2D eigenvalue weighted by molar-refractivity contribution is -0.118. The third-order valence-corrected chi connectivity index (χ3v) is 7.13. The van der Waals surface area contributed by atoms with Crippen LogP contribution in [0.15, 0.2) is 46.0 Å². The maximum Gasteiger partial charge on any atom is 0.332 e. The summed E-state index contributed by atoms with van der Waals surface area (Å²) in [6.45, 7) is 4.05. The number of rotatable bonds is 9. The molecule has 0 saturated heterocycles. The highest BCUT2D eigenvalue weighted by Crippen LogP contribution is 2.35. The normalized spacial score (nSPS) is 12.6. The number of carbonyl (C=O) groups excluding carboxylic acids is 2. The lowest BCUT2D eigenvalue weighted by Crippen LogP contribution is -2.40. The molecule has 11 heteroatoms. The largest absolute Gasteiger partial charge is 0.332 e. The minimum absolute atomic E-state index is 0.0889. The van der Waals surface area contributed by atoms with Crippen molar-refractivity contribution >= 4 is 55.7 Å². The van der Waals surface area contributed by atoms with Crippen LogP contribution in [0.2, 0.25) is 5.02 Å². The fraction of sp³-hybridized carbons (Fsp3) is 0.370. The molecule has 0 aliphatic carbocycles. The van der Waals surface area contributed by atoms with E-state index in [0.717, 1.165) is 0 Å². The molecule has 9 nitrogen and oxygen atoms in total. The van der Waals surface area contributed by atoms with E-state index >= 15 is 0 Å². The predicted octanol–water partition coefficient (Wildman–Crippen LogP) is 4.35. The second kappa shape index (κ2) is 11.9. The van der Waals surface area contributed by atoms with Crippen LogP contribution in [0.25, 0.3) is 10.9 Å². The van der Waals surface area contributed by atoms with Gasteiger partial charge < -0.3 is 10.6 Å². The first-order valence-electron chi connectivity index (χ1n) is 12.1. The number of hydrogen-bond acceptors (Lipinski definition) is 5. The summed E-state index contributed by atoms with van der Waals surface area (Å²) in [4.78, 5) is 51.3. The number of anilines is 2. The first kappa shape index (κ1) is 29.0. The van der Waals surface area contributed by atoms with E-state index in [1.54, 1.807) is 35.8 Å². The Labute approximate surface area is 227 Å². The molecule has 38 heavy (non-hydrogen) atoms. The Hall–Kier alpha value is -3.55. The van der Waals surface area contributed by atoms with Crippen molar-refractivity contribution in [3.8, 4) is 6.07 Å². The summed E-state index contributed by atoms with van der Waals surface area (Å²) < 4.78 is 2.85. The van der Waals surface area contributed by atoms with Crippen LogP contribution in [0.3, 0.4) is 0 Å². The minimum Gasteiger partial charge on any atom is -0.326 e. The van der Waals surface area contributed by atoms with Crippen LogP contribution < -0.4 is 21.9 Å². The quantitative estimate of drug-likeness (QED) is 0.404. The van der Waals surface area contributed by atoms with Crippen LogP contribution >= 0.6 is 21.6 Å². The van der Waals surface area contributed by atoms with Crippen molar-refractivity contribution in [3.63, 3.8) is 0 Å². The molecule has 0 saturated carbocycles. The lowest BCUT2D eigenvalue weighted by Gasteiger charge is -2.26. The fourth-order valence-electron chi connectivity index (χ4n) is 4.12. The van der Waals surface area contributed by atoms with Gasteiger partial charge >= 0.3 is 5.69 Å². The molecule has 202 valence electrons. The SMILES string of the molecule is CCn1c(=O)n(CS(C)(C)C)c(=O)c2cc(NC(=O)CC(C)CC(=O)Nc3ccc(C#N)c(Cl)c3)ccc21. The first-order chi connectivity index (χ1) is 17.8. The number of nitriles is 1. The van der Waals surface area contributed by atoms with Crippen molar-refractivity contribution in [2.24, 2.45) is 5.92 Å².